The zero-order valence-electron chi connectivity index (χ0n) is 14.1. The number of hydrogen-bond donors (Lipinski definition) is 0. The van der Waals surface area contributed by atoms with Gasteiger partial charge >= 0.3 is 0 Å². The van der Waals surface area contributed by atoms with Crippen LogP contribution >= 0.6 is 0 Å². The molecule has 3 rings (SSSR count). The number of nitrogens with zero attached hydrogens (tertiary/aromatic N) is 3. The number of carbonyl (C=O) groups is 2. The third kappa shape index (κ3) is 3.21. The van der Waals surface area contributed by atoms with E-state index in [2.05, 4.69) is 0 Å². The maximum Gasteiger partial charge on any atom is 0.244 e. The van der Waals surface area contributed by atoms with Gasteiger partial charge in [0.1, 0.15) is 0 Å². The summed E-state index contributed by atoms with van der Waals surface area (Å²) in [6.07, 6.45) is 0.688. The topological polar surface area (TPSA) is 112 Å². The van der Waals surface area contributed by atoms with Crippen molar-refractivity contribution in [3.05, 3.63) is 24.3 Å². The van der Waals surface area contributed by atoms with Crippen LogP contribution in [0.3, 0.4) is 0 Å². The van der Waals surface area contributed by atoms with E-state index in [1.807, 2.05) is 0 Å². The van der Waals surface area contributed by atoms with Gasteiger partial charge in [-0.2, -0.15) is 4.31 Å². The van der Waals surface area contributed by atoms with E-state index in [9.17, 15) is 26.4 Å². The van der Waals surface area contributed by atoms with Gasteiger partial charge in [0.2, 0.25) is 32.4 Å². The minimum absolute atomic E-state index is 0.0119. The van der Waals surface area contributed by atoms with Crippen molar-refractivity contribution in [2.24, 2.45) is 5.92 Å². The largest absolute Gasteiger partial charge is 0.343 e. The zero-order chi connectivity index (χ0) is 19.1. The molecule has 2 heterocycles. The summed E-state index contributed by atoms with van der Waals surface area (Å²) in [5.41, 5.74) is 0.129. The van der Waals surface area contributed by atoms with Crippen LogP contribution in [0.15, 0.2) is 29.2 Å². The smallest absolute Gasteiger partial charge is 0.244 e. The number of piperazine rings is 1. The molecule has 1 unspecified atom stereocenters. The lowest BCUT2D eigenvalue weighted by molar-refractivity contribution is -0.120. The fourth-order valence-corrected chi connectivity index (χ4v) is 6.28. The molecule has 0 saturated carbocycles. The van der Waals surface area contributed by atoms with E-state index in [0.29, 0.717) is 19.5 Å². The van der Waals surface area contributed by atoms with Crippen LogP contribution in [0.4, 0.5) is 5.69 Å². The Bertz CT molecular complexity index is 919. The van der Waals surface area contributed by atoms with Gasteiger partial charge in [-0.15, -0.1) is 0 Å². The van der Waals surface area contributed by atoms with Crippen molar-refractivity contribution in [1.29, 1.82) is 0 Å². The van der Waals surface area contributed by atoms with Gasteiger partial charge in [0.15, 0.2) is 0 Å². The first-order valence-electron chi connectivity index (χ1n) is 8.03. The highest BCUT2D eigenvalue weighted by Crippen LogP contribution is 2.29. The van der Waals surface area contributed by atoms with E-state index in [0.717, 1.165) is 4.31 Å². The SMILES string of the molecule is CC1CS(=O)(=O)N(c2ccc(S(=O)(=O)N3CCN(C=O)CC3)cc2)C1=O. The number of amides is 2. The Morgan fingerprint density at radius 2 is 1.65 bits per heavy atom. The molecule has 0 aliphatic carbocycles. The van der Waals surface area contributed by atoms with Crippen LogP contribution in [0.25, 0.3) is 0 Å². The van der Waals surface area contributed by atoms with E-state index in [1.54, 1.807) is 0 Å². The summed E-state index contributed by atoms with van der Waals surface area (Å²) in [6.45, 7) is 2.56. The first-order chi connectivity index (χ1) is 12.2. The summed E-state index contributed by atoms with van der Waals surface area (Å²) in [7, 11) is -7.48. The molecular weight excluding hydrogens is 382 g/mol. The summed E-state index contributed by atoms with van der Waals surface area (Å²) >= 11 is 0. The van der Waals surface area contributed by atoms with Crippen LogP contribution in [-0.4, -0.2) is 70.3 Å². The average molecular weight is 401 g/mol. The Balaban J connectivity index is 1.84. The highest BCUT2D eigenvalue weighted by molar-refractivity contribution is 7.94. The lowest BCUT2D eigenvalue weighted by Gasteiger charge is -2.31. The summed E-state index contributed by atoms with van der Waals surface area (Å²) in [6, 6.07) is 5.23. The van der Waals surface area contributed by atoms with Crippen molar-refractivity contribution in [3.8, 4) is 0 Å². The minimum atomic E-state index is -3.75. The maximum atomic E-state index is 12.7. The second-order valence-electron chi connectivity index (χ2n) is 6.32. The van der Waals surface area contributed by atoms with E-state index in [-0.39, 0.29) is 29.4 Å². The summed E-state index contributed by atoms with van der Waals surface area (Å²) in [4.78, 5) is 24.3. The molecule has 0 bridgehead atoms. The van der Waals surface area contributed by atoms with Gasteiger partial charge < -0.3 is 4.90 Å². The molecule has 11 heteroatoms. The molecular formula is C15H19N3O6S2. The Labute approximate surface area is 152 Å². The quantitative estimate of drug-likeness (QED) is 0.627. The van der Waals surface area contributed by atoms with Gasteiger partial charge in [-0.1, -0.05) is 6.92 Å². The molecule has 2 amide bonds. The minimum Gasteiger partial charge on any atom is -0.343 e. The normalized spacial score (nSPS) is 24.0. The van der Waals surface area contributed by atoms with Crippen LogP contribution in [0.1, 0.15) is 6.92 Å². The van der Waals surface area contributed by atoms with Gasteiger partial charge in [0.25, 0.3) is 0 Å². The molecule has 0 aromatic heterocycles. The van der Waals surface area contributed by atoms with E-state index in [4.69, 9.17) is 0 Å². The first-order valence-corrected chi connectivity index (χ1v) is 11.1. The van der Waals surface area contributed by atoms with Crippen LogP contribution in [0.2, 0.25) is 0 Å². The number of rotatable bonds is 4. The molecule has 2 aliphatic heterocycles. The van der Waals surface area contributed by atoms with Crippen molar-refractivity contribution < 1.29 is 26.4 Å². The summed E-state index contributed by atoms with van der Waals surface area (Å²) in [5.74, 6) is -1.41. The molecule has 0 spiro atoms. The fraction of sp³-hybridized carbons (Fsp3) is 0.467. The van der Waals surface area contributed by atoms with Gasteiger partial charge in [-0.25, -0.2) is 21.1 Å². The molecule has 142 valence electrons. The molecule has 1 aromatic rings. The Kier molecular flexibility index (Phi) is 4.80. The Hall–Kier alpha value is -1.98. The Morgan fingerprint density at radius 3 is 2.12 bits per heavy atom. The molecule has 0 radical (unpaired) electrons. The number of carbonyl (C=O) groups excluding carboxylic acids is 2. The summed E-state index contributed by atoms with van der Waals surface area (Å²) < 4.78 is 51.6. The maximum absolute atomic E-state index is 12.7. The molecule has 26 heavy (non-hydrogen) atoms. The number of hydrogen-bond acceptors (Lipinski definition) is 6. The molecule has 0 N–H and O–H groups in total. The lowest BCUT2D eigenvalue weighted by Crippen LogP contribution is -2.47. The number of sulfonamides is 2. The second-order valence-corrected chi connectivity index (χ2v) is 10.1. The molecule has 2 saturated heterocycles. The number of anilines is 1. The van der Waals surface area contributed by atoms with Crippen LogP contribution in [0, 0.1) is 5.92 Å². The molecule has 9 nitrogen and oxygen atoms in total. The first kappa shape index (κ1) is 18.8. The van der Waals surface area contributed by atoms with Crippen LogP contribution in [-0.2, 0) is 29.6 Å². The van der Waals surface area contributed by atoms with Crippen molar-refractivity contribution >= 4 is 38.1 Å². The monoisotopic (exact) mass is 401 g/mol. The summed E-state index contributed by atoms with van der Waals surface area (Å²) in [5, 5.41) is 0. The van der Waals surface area contributed by atoms with Gasteiger partial charge in [-0.05, 0) is 24.3 Å². The van der Waals surface area contributed by atoms with Crippen molar-refractivity contribution in [1.82, 2.24) is 9.21 Å². The van der Waals surface area contributed by atoms with E-state index in [1.165, 1.54) is 40.4 Å². The standard InChI is InChI=1S/C15H19N3O6S2/c1-12-10-25(21,22)18(15(12)20)13-2-4-14(5-3-13)26(23,24)17-8-6-16(11-19)7-9-17/h2-5,11-12H,6-10H2,1H3. The van der Waals surface area contributed by atoms with Gasteiger partial charge in [0, 0.05) is 26.2 Å². The molecule has 2 fully saturated rings. The van der Waals surface area contributed by atoms with E-state index < -0.39 is 31.9 Å². The number of benzene rings is 1. The highest BCUT2D eigenvalue weighted by atomic mass is 32.2. The third-order valence-corrected chi connectivity index (χ3v) is 8.27. The molecule has 1 aromatic carbocycles. The van der Waals surface area contributed by atoms with Crippen molar-refractivity contribution in [3.63, 3.8) is 0 Å². The highest BCUT2D eigenvalue weighted by Gasteiger charge is 2.42. The zero-order valence-corrected chi connectivity index (χ0v) is 15.7. The average Bonchev–Trinajstić information content (AvgIpc) is 2.82. The van der Waals surface area contributed by atoms with Crippen LogP contribution < -0.4 is 4.31 Å². The van der Waals surface area contributed by atoms with Crippen molar-refractivity contribution in [2.45, 2.75) is 11.8 Å². The molecule has 2 aliphatic rings. The fourth-order valence-electron chi connectivity index (χ4n) is 3.04. The lowest BCUT2D eigenvalue weighted by atomic mass is 10.2. The third-order valence-electron chi connectivity index (χ3n) is 4.49. The van der Waals surface area contributed by atoms with Crippen LogP contribution in [0.5, 0.6) is 0 Å². The predicted molar refractivity (Wildman–Crippen MR) is 93.3 cm³/mol. The van der Waals surface area contributed by atoms with Gasteiger partial charge in [-0.3, -0.25) is 9.59 Å². The predicted octanol–water partition coefficient (Wildman–Crippen LogP) is -0.538. The van der Waals surface area contributed by atoms with Gasteiger partial charge in [0.05, 0.1) is 22.3 Å². The second kappa shape index (κ2) is 6.63. The molecule has 1 atom stereocenters. The van der Waals surface area contributed by atoms with E-state index >= 15 is 0 Å². The Morgan fingerprint density at radius 1 is 1.08 bits per heavy atom. The van der Waals surface area contributed by atoms with Crippen molar-refractivity contribution in [2.75, 3.05) is 36.2 Å².